The molecule has 0 amide bonds. The summed E-state index contributed by atoms with van der Waals surface area (Å²) in [5, 5.41) is 20.2. The summed E-state index contributed by atoms with van der Waals surface area (Å²) in [5.41, 5.74) is 1.63. The molecular weight excluding hydrogens is 296 g/mol. The maximum Gasteiger partial charge on any atom is 0.339 e. The molecule has 7 nitrogen and oxygen atoms in total. The van der Waals surface area contributed by atoms with Crippen molar-refractivity contribution in [3.8, 4) is 0 Å². The average Bonchev–Trinajstić information content (AvgIpc) is 2.92. The van der Waals surface area contributed by atoms with Crippen LogP contribution in [0.4, 0.5) is 5.69 Å². The molecule has 0 unspecified atom stereocenters. The van der Waals surface area contributed by atoms with Crippen molar-refractivity contribution in [2.24, 2.45) is 0 Å². The van der Waals surface area contributed by atoms with E-state index in [4.69, 9.17) is 21.4 Å². The Morgan fingerprint density at radius 2 is 2.33 bits per heavy atom. The van der Waals surface area contributed by atoms with Gasteiger partial charge in [-0.05, 0) is 18.2 Å². The molecule has 0 spiro atoms. The fourth-order valence-electron chi connectivity index (χ4n) is 1.77. The van der Waals surface area contributed by atoms with Crippen molar-refractivity contribution in [3.05, 3.63) is 40.7 Å². The first-order valence-corrected chi connectivity index (χ1v) is 6.63. The lowest BCUT2D eigenvalue weighted by molar-refractivity contribution is 0.0602. The van der Waals surface area contributed by atoms with E-state index in [1.807, 2.05) is 0 Å². The van der Waals surface area contributed by atoms with Gasteiger partial charge in [0.1, 0.15) is 5.69 Å². The van der Waals surface area contributed by atoms with Gasteiger partial charge in [-0.15, -0.1) is 5.10 Å². The number of rotatable bonds is 6. The van der Waals surface area contributed by atoms with E-state index < -0.39 is 5.97 Å². The lowest BCUT2D eigenvalue weighted by atomic mass is 10.1. The number of anilines is 1. The van der Waals surface area contributed by atoms with Crippen LogP contribution in [-0.2, 0) is 17.8 Å². The van der Waals surface area contributed by atoms with E-state index in [1.165, 1.54) is 11.8 Å². The van der Waals surface area contributed by atoms with Gasteiger partial charge in [-0.25, -0.2) is 9.48 Å². The number of carbonyl (C=O) groups excluding carboxylic acids is 1. The number of methoxy groups -OCH3 is 1. The summed E-state index contributed by atoms with van der Waals surface area (Å²) >= 11 is 5.94. The van der Waals surface area contributed by atoms with E-state index in [0.717, 1.165) is 0 Å². The number of aliphatic hydroxyl groups excluding tert-OH is 1. The minimum Gasteiger partial charge on any atom is -0.465 e. The molecule has 0 aliphatic rings. The predicted molar refractivity (Wildman–Crippen MR) is 77.2 cm³/mol. The number of aromatic nitrogens is 3. The fourth-order valence-corrected chi connectivity index (χ4v) is 1.94. The van der Waals surface area contributed by atoms with Gasteiger partial charge in [0.2, 0.25) is 0 Å². The Morgan fingerprint density at radius 1 is 1.52 bits per heavy atom. The Labute approximate surface area is 126 Å². The van der Waals surface area contributed by atoms with Crippen molar-refractivity contribution >= 4 is 23.3 Å². The second-order valence-corrected chi connectivity index (χ2v) is 4.67. The van der Waals surface area contributed by atoms with E-state index >= 15 is 0 Å². The average molecular weight is 311 g/mol. The monoisotopic (exact) mass is 310 g/mol. The smallest absolute Gasteiger partial charge is 0.339 e. The molecule has 2 aromatic rings. The highest BCUT2D eigenvalue weighted by Gasteiger charge is 2.12. The van der Waals surface area contributed by atoms with Crippen LogP contribution in [0.2, 0.25) is 5.02 Å². The standard InChI is InChI=1S/C13H15ClN4O3/c1-21-13(20)11-3-2-9(14)6-12(11)15-7-10-8-18(4-5-19)17-16-10/h2-3,6,8,15,19H,4-5,7H2,1H3. The zero-order valence-electron chi connectivity index (χ0n) is 11.4. The lowest BCUT2D eigenvalue weighted by Crippen LogP contribution is -2.08. The van der Waals surface area contributed by atoms with Gasteiger partial charge in [-0.1, -0.05) is 16.8 Å². The van der Waals surface area contributed by atoms with Crippen LogP contribution >= 0.6 is 11.6 Å². The van der Waals surface area contributed by atoms with Crippen molar-refractivity contribution in [1.29, 1.82) is 0 Å². The Bertz CT molecular complexity index is 630. The van der Waals surface area contributed by atoms with Crippen molar-refractivity contribution in [2.45, 2.75) is 13.1 Å². The van der Waals surface area contributed by atoms with Crippen LogP contribution in [0.1, 0.15) is 16.1 Å². The van der Waals surface area contributed by atoms with Gasteiger partial charge in [0.15, 0.2) is 0 Å². The molecule has 1 heterocycles. The molecule has 1 aromatic carbocycles. The molecule has 2 rings (SSSR count). The number of ether oxygens (including phenoxy) is 1. The number of nitrogens with one attached hydrogen (secondary N) is 1. The highest BCUT2D eigenvalue weighted by Crippen LogP contribution is 2.22. The molecule has 0 radical (unpaired) electrons. The van der Waals surface area contributed by atoms with Crippen LogP contribution in [0, 0.1) is 0 Å². The topological polar surface area (TPSA) is 89.3 Å². The highest BCUT2D eigenvalue weighted by molar-refractivity contribution is 6.31. The molecule has 112 valence electrons. The minimum absolute atomic E-state index is 0.00297. The van der Waals surface area contributed by atoms with Crippen LogP contribution in [0.3, 0.4) is 0 Å². The van der Waals surface area contributed by atoms with E-state index in [2.05, 4.69) is 15.6 Å². The third-order valence-corrected chi connectivity index (χ3v) is 3.00. The van der Waals surface area contributed by atoms with Gasteiger partial charge in [-0.3, -0.25) is 0 Å². The second-order valence-electron chi connectivity index (χ2n) is 4.23. The normalized spacial score (nSPS) is 10.4. The molecule has 2 N–H and O–H groups in total. The quantitative estimate of drug-likeness (QED) is 0.782. The summed E-state index contributed by atoms with van der Waals surface area (Å²) in [4.78, 5) is 11.7. The summed E-state index contributed by atoms with van der Waals surface area (Å²) in [6, 6.07) is 4.86. The third kappa shape index (κ3) is 3.93. The predicted octanol–water partition coefficient (Wildman–Crippen LogP) is 1.32. The number of benzene rings is 1. The number of aliphatic hydroxyl groups is 1. The lowest BCUT2D eigenvalue weighted by Gasteiger charge is -2.10. The van der Waals surface area contributed by atoms with Gasteiger partial charge in [0.05, 0.1) is 44.3 Å². The van der Waals surface area contributed by atoms with Gasteiger partial charge in [-0.2, -0.15) is 0 Å². The van der Waals surface area contributed by atoms with E-state index in [0.29, 0.717) is 35.1 Å². The summed E-state index contributed by atoms with van der Waals surface area (Å²) in [6.45, 7) is 0.754. The molecular formula is C13H15ClN4O3. The van der Waals surface area contributed by atoms with E-state index in [-0.39, 0.29) is 6.61 Å². The van der Waals surface area contributed by atoms with Crippen LogP contribution in [0.5, 0.6) is 0 Å². The molecule has 0 fully saturated rings. The van der Waals surface area contributed by atoms with E-state index in [1.54, 1.807) is 24.4 Å². The molecule has 8 heteroatoms. The summed E-state index contributed by atoms with van der Waals surface area (Å²) < 4.78 is 6.26. The second kappa shape index (κ2) is 7.05. The maximum absolute atomic E-state index is 11.7. The van der Waals surface area contributed by atoms with Crippen LogP contribution < -0.4 is 5.32 Å². The van der Waals surface area contributed by atoms with E-state index in [9.17, 15) is 4.79 Å². The summed E-state index contributed by atoms with van der Waals surface area (Å²) in [5.74, 6) is -0.446. The highest BCUT2D eigenvalue weighted by atomic mass is 35.5. The van der Waals surface area contributed by atoms with Crippen molar-refractivity contribution in [2.75, 3.05) is 19.0 Å². The molecule has 0 aliphatic heterocycles. The van der Waals surface area contributed by atoms with Gasteiger partial charge in [0, 0.05) is 5.02 Å². The van der Waals surface area contributed by atoms with Crippen LogP contribution in [0.25, 0.3) is 0 Å². The molecule has 1 aromatic heterocycles. The first-order chi connectivity index (χ1) is 10.1. The fraction of sp³-hybridized carbons (Fsp3) is 0.308. The summed E-state index contributed by atoms with van der Waals surface area (Å²) in [7, 11) is 1.32. The Morgan fingerprint density at radius 3 is 3.05 bits per heavy atom. The first kappa shape index (κ1) is 15.3. The number of halogens is 1. The van der Waals surface area contributed by atoms with Gasteiger partial charge >= 0.3 is 5.97 Å². The molecule has 0 bridgehead atoms. The van der Waals surface area contributed by atoms with Gasteiger partial charge < -0.3 is 15.2 Å². The number of nitrogens with zero attached hydrogens (tertiary/aromatic N) is 3. The zero-order valence-corrected chi connectivity index (χ0v) is 12.2. The molecule has 21 heavy (non-hydrogen) atoms. The number of esters is 1. The SMILES string of the molecule is COC(=O)c1ccc(Cl)cc1NCc1cn(CCO)nn1. The molecule has 0 aliphatic carbocycles. The number of hydrogen-bond acceptors (Lipinski definition) is 6. The van der Waals surface area contributed by atoms with Crippen molar-refractivity contribution in [1.82, 2.24) is 15.0 Å². The number of carbonyl (C=O) groups is 1. The largest absolute Gasteiger partial charge is 0.465 e. The van der Waals surface area contributed by atoms with Crippen LogP contribution in [0.15, 0.2) is 24.4 Å². The van der Waals surface area contributed by atoms with Crippen molar-refractivity contribution in [3.63, 3.8) is 0 Å². The Hall–Kier alpha value is -2.12. The van der Waals surface area contributed by atoms with Crippen molar-refractivity contribution < 1.29 is 14.6 Å². The van der Waals surface area contributed by atoms with Gasteiger partial charge in [0.25, 0.3) is 0 Å². The molecule has 0 saturated heterocycles. The summed E-state index contributed by atoms with van der Waals surface area (Å²) in [6.07, 6.45) is 1.71. The Kier molecular flexibility index (Phi) is 5.13. The van der Waals surface area contributed by atoms with Crippen LogP contribution in [-0.4, -0.2) is 39.8 Å². The minimum atomic E-state index is -0.446. The molecule has 0 saturated carbocycles. The number of hydrogen-bond donors (Lipinski definition) is 2. The first-order valence-electron chi connectivity index (χ1n) is 6.25. The third-order valence-electron chi connectivity index (χ3n) is 2.76. The zero-order chi connectivity index (χ0) is 15.2. The molecule has 0 atom stereocenters. The maximum atomic E-state index is 11.7. The Balaban J connectivity index is 2.11.